The van der Waals surface area contributed by atoms with E-state index in [2.05, 4.69) is 33.4 Å². The largest absolute Gasteiger partial charge is 0.466 e. The van der Waals surface area contributed by atoms with Crippen LogP contribution in [0.5, 0.6) is 0 Å². The molecule has 4 heteroatoms. The van der Waals surface area contributed by atoms with Crippen LogP contribution >= 0.6 is 15.9 Å². The average molecular weight is 312 g/mol. The van der Waals surface area contributed by atoms with Crippen LogP contribution < -0.4 is 5.32 Å². The molecule has 1 aromatic carbocycles. The molecule has 0 aliphatic heterocycles. The standard InChI is InChI=1S/C14H18BrNO2/c1-3-12(14(17)18-2)7-8-16-10-11-5-4-6-13(15)9-11/h4-7,9,16H,3,8,10H2,1-2H3/b12-7-. The molecule has 0 heterocycles. The summed E-state index contributed by atoms with van der Waals surface area (Å²) in [4.78, 5) is 11.3. The van der Waals surface area contributed by atoms with Gasteiger partial charge in [0.2, 0.25) is 0 Å². The number of rotatable bonds is 6. The SMILES string of the molecule is CC/C(=C/CNCc1cccc(Br)c1)C(=O)OC. The van der Waals surface area contributed by atoms with Crippen molar-refractivity contribution in [3.63, 3.8) is 0 Å². The van der Waals surface area contributed by atoms with Crippen LogP contribution in [0.1, 0.15) is 18.9 Å². The highest BCUT2D eigenvalue weighted by Gasteiger charge is 2.05. The van der Waals surface area contributed by atoms with Crippen molar-refractivity contribution in [2.45, 2.75) is 19.9 Å². The highest BCUT2D eigenvalue weighted by molar-refractivity contribution is 9.10. The topological polar surface area (TPSA) is 38.3 Å². The highest BCUT2D eigenvalue weighted by Crippen LogP contribution is 2.11. The van der Waals surface area contributed by atoms with E-state index in [-0.39, 0.29) is 5.97 Å². The molecule has 0 radical (unpaired) electrons. The molecule has 1 N–H and O–H groups in total. The summed E-state index contributed by atoms with van der Waals surface area (Å²) < 4.78 is 5.76. The summed E-state index contributed by atoms with van der Waals surface area (Å²) in [6.45, 7) is 3.37. The Kier molecular flexibility index (Phi) is 6.68. The molecule has 0 atom stereocenters. The van der Waals surface area contributed by atoms with Gasteiger partial charge in [0.1, 0.15) is 0 Å². The van der Waals surface area contributed by atoms with Gasteiger partial charge in [-0.2, -0.15) is 0 Å². The second kappa shape index (κ2) is 8.06. The smallest absolute Gasteiger partial charge is 0.333 e. The van der Waals surface area contributed by atoms with E-state index in [1.165, 1.54) is 12.7 Å². The first kappa shape index (κ1) is 14.9. The van der Waals surface area contributed by atoms with Gasteiger partial charge in [0, 0.05) is 23.1 Å². The first-order valence-electron chi connectivity index (χ1n) is 5.90. The number of hydrogen-bond acceptors (Lipinski definition) is 3. The van der Waals surface area contributed by atoms with E-state index in [0.29, 0.717) is 18.5 Å². The van der Waals surface area contributed by atoms with Crippen molar-refractivity contribution in [1.82, 2.24) is 5.32 Å². The van der Waals surface area contributed by atoms with Crippen LogP contribution in [0.25, 0.3) is 0 Å². The Morgan fingerprint density at radius 2 is 2.28 bits per heavy atom. The molecule has 0 aliphatic rings. The third-order valence-electron chi connectivity index (χ3n) is 2.54. The maximum absolute atomic E-state index is 11.3. The second-order valence-electron chi connectivity index (χ2n) is 3.84. The van der Waals surface area contributed by atoms with Gasteiger partial charge in [0.15, 0.2) is 0 Å². The summed E-state index contributed by atoms with van der Waals surface area (Å²) >= 11 is 3.43. The molecule has 3 nitrogen and oxygen atoms in total. The van der Waals surface area contributed by atoms with Gasteiger partial charge in [0.05, 0.1) is 7.11 Å². The molecule has 1 aromatic rings. The zero-order chi connectivity index (χ0) is 13.4. The molecule has 0 spiro atoms. The zero-order valence-electron chi connectivity index (χ0n) is 10.7. The van der Waals surface area contributed by atoms with E-state index >= 15 is 0 Å². The van der Waals surface area contributed by atoms with Gasteiger partial charge in [-0.05, 0) is 24.1 Å². The quantitative estimate of drug-likeness (QED) is 0.498. The lowest BCUT2D eigenvalue weighted by atomic mass is 10.2. The summed E-state index contributed by atoms with van der Waals surface area (Å²) in [5.41, 5.74) is 1.91. The minimum absolute atomic E-state index is 0.248. The minimum atomic E-state index is -0.248. The predicted molar refractivity (Wildman–Crippen MR) is 76.2 cm³/mol. The summed E-state index contributed by atoms with van der Waals surface area (Å²) in [5.74, 6) is -0.248. The van der Waals surface area contributed by atoms with Crippen LogP contribution in [-0.2, 0) is 16.1 Å². The number of hydrogen-bond donors (Lipinski definition) is 1. The number of nitrogens with one attached hydrogen (secondary N) is 1. The summed E-state index contributed by atoms with van der Waals surface area (Å²) in [6, 6.07) is 8.12. The van der Waals surface area contributed by atoms with E-state index in [9.17, 15) is 4.79 Å². The summed E-state index contributed by atoms with van der Waals surface area (Å²) in [7, 11) is 1.40. The van der Waals surface area contributed by atoms with Crippen LogP contribution in [-0.4, -0.2) is 19.6 Å². The molecule has 0 aromatic heterocycles. The lowest BCUT2D eigenvalue weighted by Crippen LogP contribution is -2.15. The van der Waals surface area contributed by atoms with Crippen LogP contribution in [0.3, 0.4) is 0 Å². The van der Waals surface area contributed by atoms with E-state index in [1.54, 1.807) is 0 Å². The molecular formula is C14H18BrNO2. The van der Waals surface area contributed by atoms with Crippen LogP contribution in [0.2, 0.25) is 0 Å². The zero-order valence-corrected chi connectivity index (χ0v) is 12.3. The van der Waals surface area contributed by atoms with Gasteiger partial charge in [-0.1, -0.05) is 41.1 Å². The van der Waals surface area contributed by atoms with Crippen LogP contribution in [0, 0.1) is 0 Å². The van der Waals surface area contributed by atoms with E-state index in [0.717, 1.165) is 11.0 Å². The molecular weight excluding hydrogens is 294 g/mol. The first-order chi connectivity index (χ1) is 8.67. The lowest BCUT2D eigenvalue weighted by Gasteiger charge is -2.05. The number of benzene rings is 1. The molecule has 0 saturated carbocycles. The minimum Gasteiger partial charge on any atom is -0.466 e. The fourth-order valence-electron chi connectivity index (χ4n) is 1.56. The molecule has 0 fully saturated rings. The molecule has 0 unspecified atom stereocenters. The third kappa shape index (κ3) is 5.02. The molecule has 18 heavy (non-hydrogen) atoms. The fraction of sp³-hybridized carbons (Fsp3) is 0.357. The Morgan fingerprint density at radius 3 is 2.89 bits per heavy atom. The van der Waals surface area contributed by atoms with Gasteiger partial charge in [-0.25, -0.2) is 4.79 Å². The summed E-state index contributed by atoms with van der Waals surface area (Å²) in [5, 5.41) is 3.27. The maximum Gasteiger partial charge on any atom is 0.333 e. The number of esters is 1. The van der Waals surface area contributed by atoms with Crippen LogP contribution in [0.15, 0.2) is 40.4 Å². The van der Waals surface area contributed by atoms with Crippen molar-refractivity contribution in [2.24, 2.45) is 0 Å². The van der Waals surface area contributed by atoms with Crippen molar-refractivity contribution in [3.05, 3.63) is 46.0 Å². The molecule has 0 aliphatic carbocycles. The van der Waals surface area contributed by atoms with Crippen molar-refractivity contribution in [2.75, 3.05) is 13.7 Å². The highest BCUT2D eigenvalue weighted by atomic mass is 79.9. The van der Waals surface area contributed by atoms with E-state index in [4.69, 9.17) is 4.74 Å². The van der Waals surface area contributed by atoms with Gasteiger partial charge in [0.25, 0.3) is 0 Å². The number of methoxy groups -OCH3 is 1. The molecule has 1 rings (SSSR count). The number of ether oxygens (including phenoxy) is 1. The Morgan fingerprint density at radius 1 is 1.50 bits per heavy atom. The van der Waals surface area contributed by atoms with Gasteiger partial charge in [-0.15, -0.1) is 0 Å². The van der Waals surface area contributed by atoms with E-state index < -0.39 is 0 Å². The first-order valence-corrected chi connectivity index (χ1v) is 6.69. The Balaban J connectivity index is 2.42. The number of carbonyl (C=O) groups is 1. The van der Waals surface area contributed by atoms with Crippen LogP contribution in [0.4, 0.5) is 0 Å². The Hall–Kier alpha value is -1.13. The van der Waals surface area contributed by atoms with Gasteiger partial charge >= 0.3 is 5.97 Å². The number of carbonyl (C=O) groups excluding carboxylic acids is 1. The summed E-state index contributed by atoms with van der Waals surface area (Å²) in [6.07, 6.45) is 2.56. The molecule has 0 bridgehead atoms. The Bertz CT molecular complexity index is 430. The third-order valence-corrected chi connectivity index (χ3v) is 3.03. The van der Waals surface area contributed by atoms with Gasteiger partial charge < -0.3 is 10.1 Å². The lowest BCUT2D eigenvalue weighted by molar-refractivity contribution is -0.136. The predicted octanol–water partition coefficient (Wildman–Crippen LogP) is 3.05. The Labute approximate surface area is 116 Å². The van der Waals surface area contributed by atoms with Crippen molar-refractivity contribution in [3.8, 4) is 0 Å². The maximum atomic E-state index is 11.3. The van der Waals surface area contributed by atoms with Crippen molar-refractivity contribution >= 4 is 21.9 Å². The monoisotopic (exact) mass is 311 g/mol. The number of halogens is 1. The van der Waals surface area contributed by atoms with Gasteiger partial charge in [-0.3, -0.25) is 0 Å². The average Bonchev–Trinajstić information content (AvgIpc) is 2.38. The molecule has 98 valence electrons. The molecule has 0 amide bonds. The van der Waals surface area contributed by atoms with E-state index in [1.807, 2.05) is 25.1 Å². The molecule has 0 saturated heterocycles. The van der Waals surface area contributed by atoms with Crippen molar-refractivity contribution in [1.29, 1.82) is 0 Å². The second-order valence-corrected chi connectivity index (χ2v) is 4.75. The normalized spacial score (nSPS) is 11.4. The van der Waals surface area contributed by atoms with Crippen molar-refractivity contribution < 1.29 is 9.53 Å². The fourth-order valence-corrected chi connectivity index (χ4v) is 2.01.